The zero-order chi connectivity index (χ0) is 17.8. The van der Waals surface area contributed by atoms with Crippen LogP contribution in [0.5, 0.6) is 0 Å². The van der Waals surface area contributed by atoms with Crippen LogP contribution in [-0.4, -0.2) is 33.8 Å². The molecule has 25 heavy (non-hydrogen) atoms. The number of aryl methyl sites for hydroxylation is 2. The molecule has 1 amide bonds. The lowest BCUT2D eigenvalue weighted by molar-refractivity contribution is -0.120. The van der Waals surface area contributed by atoms with Crippen LogP contribution in [0.1, 0.15) is 31.9 Å². The van der Waals surface area contributed by atoms with E-state index in [0.29, 0.717) is 5.02 Å². The summed E-state index contributed by atoms with van der Waals surface area (Å²) >= 11 is 5.89. The first-order chi connectivity index (χ1) is 12.1. The van der Waals surface area contributed by atoms with Crippen LogP contribution < -0.4 is 10.2 Å². The number of nitrogens with zero attached hydrogens (tertiary/aromatic N) is 4. The van der Waals surface area contributed by atoms with Crippen molar-refractivity contribution >= 4 is 29.1 Å². The minimum Gasteiger partial charge on any atom is -0.357 e. The summed E-state index contributed by atoms with van der Waals surface area (Å²) in [6.07, 6.45) is 5.26. The van der Waals surface area contributed by atoms with Crippen molar-refractivity contribution in [2.45, 2.75) is 32.6 Å². The Labute approximate surface area is 153 Å². The molecule has 0 radical (unpaired) electrons. The summed E-state index contributed by atoms with van der Waals surface area (Å²) in [4.78, 5) is 19.1. The molecular weight excluding hydrogens is 338 g/mol. The quantitative estimate of drug-likeness (QED) is 0.887. The molecule has 0 spiro atoms. The second kappa shape index (κ2) is 7.87. The van der Waals surface area contributed by atoms with Crippen molar-refractivity contribution in [3.05, 3.63) is 35.1 Å². The lowest BCUT2D eigenvalue weighted by Gasteiger charge is -2.32. The zero-order valence-corrected chi connectivity index (χ0v) is 15.5. The Kier molecular flexibility index (Phi) is 5.58. The minimum atomic E-state index is 0.0214. The van der Waals surface area contributed by atoms with E-state index in [9.17, 15) is 4.79 Å². The zero-order valence-electron chi connectivity index (χ0n) is 14.7. The Hall–Kier alpha value is -2.08. The van der Waals surface area contributed by atoms with Gasteiger partial charge in [-0.2, -0.15) is 5.10 Å². The first-order valence-electron chi connectivity index (χ1n) is 8.77. The van der Waals surface area contributed by atoms with Crippen LogP contribution >= 0.6 is 11.6 Å². The number of hydrogen-bond donors (Lipinski definition) is 1. The molecular formula is C18H24ClN5O. The number of aromatic nitrogens is 3. The molecule has 1 aliphatic heterocycles. The standard InChI is InChI=1S/C18H24ClN5O/c1-3-4-15-11-17(23(2)22-15)21-18(25)13-7-9-24(10-8-13)16-6-5-14(19)12-20-16/h5-6,11-13H,3-4,7-10H2,1-2H3,(H,21,25). The highest BCUT2D eigenvalue weighted by Crippen LogP contribution is 2.24. The molecule has 1 saturated heterocycles. The highest BCUT2D eigenvalue weighted by molar-refractivity contribution is 6.30. The average Bonchev–Trinajstić information content (AvgIpc) is 2.95. The first kappa shape index (κ1) is 17.7. The summed E-state index contributed by atoms with van der Waals surface area (Å²) in [6.45, 7) is 3.76. The monoisotopic (exact) mass is 361 g/mol. The molecule has 7 heteroatoms. The second-order valence-electron chi connectivity index (χ2n) is 6.48. The molecule has 0 saturated carbocycles. The maximum absolute atomic E-state index is 12.6. The van der Waals surface area contributed by atoms with Gasteiger partial charge in [0.05, 0.1) is 10.7 Å². The van der Waals surface area contributed by atoms with Crippen molar-refractivity contribution in [3.8, 4) is 0 Å². The summed E-state index contributed by atoms with van der Waals surface area (Å²) in [7, 11) is 1.86. The van der Waals surface area contributed by atoms with E-state index in [-0.39, 0.29) is 11.8 Å². The van der Waals surface area contributed by atoms with Gasteiger partial charge in [0.15, 0.2) is 0 Å². The van der Waals surface area contributed by atoms with E-state index in [1.54, 1.807) is 10.9 Å². The molecule has 134 valence electrons. The molecule has 1 aliphatic rings. The molecule has 0 unspecified atom stereocenters. The highest BCUT2D eigenvalue weighted by atomic mass is 35.5. The number of hydrogen-bond acceptors (Lipinski definition) is 4. The molecule has 3 heterocycles. The van der Waals surface area contributed by atoms with E-state index in [2.05, 4.69) is 27.2 Å². The summed E-state index contributed by atoms with van der Waals surface area (Å²) in [5.74, 6) is 1.79. The first-order valence-corrected chi connectivity index (χ1v) is 9.15. The van der Waals surface area contributed by atoms with Crippen LogP contribution in [0.15, 0.2) is 24.4 Å². The van der Waals surface area contributed by atoms with E-state index >= 15 is 0 Å². The molecule has 0 bridgehead atoms. The van der Waals surface area contributed by atoms with Crippen LogP contribution in [0, 0.1) is 5.92 Å². The summed E-state index contributed by atoms with van der Waals surface area (Å²) in [5, 5.41) is 8.10. The van der Waals surface area contributed by atoms with E-state index in [1.165, 1.54) is 0 Å². The van der Waals surface area contributed by atoms with Crippen molar-refractivity contribution < 1.29 is 4.79 Å². The molecule has 2 aromatic heterocycles. The van der Waals surface area contributed by atoms with Gasteiger partial charge in [0.2, 0.25) is 5.91 Å². The van der Waals surface area contributed by atoms with Crippen LogP contribution in [-0.2, 0) is 18.3 Å². The number of carbonyl (C=O) groups is 1. The summed E-state index contributed by atoms with van der Waals surface area (Å²) < 4.78 is 1.75. The molecule has 3 rings (SSSR count). The van der Waals surface area contributed by atoms with Gasteiger partial charge in [0, 0.05) is 38.3 Å². The van der Waals surface area contributed by atoms with E-state index in [1.807, 2.05) is 25.2 Å². The van der Waals surface area contributed by atoms with Gasteiger partial charge in [-0.1, -0.05) is 24.9 Å². The third-order valence-electron chi connectivity index (χ3n) is 4.59. The molecule has 1 N–H and O–H groups in total. The topological polar surface area (TPSA) is 63.1 Å². The SMILES string of the molecule is CCCc1cc(NC(=O)C2CCN(c3ccc(Cl)cn3)CC2)n(C)n1. The maximum atomic E-state index is 12.6. The van der Waals surface area contributed by atoms with Crippen molar-refractivity contribution in [1.82, 2.24) is 14.8 Å². The number of nitrogens with one attached hydrogen (secondary N) is 1. The van der Waals surface area contributed by atoms with Crippen molar-refractivity contribution in [3.63, 3.8) is 0 Å². The Morgan fingerprint density at radius 2 is 2.12 bits per heavy atom. The molecule has 6 nitrogen and oxygen atoms in total. The molecule has 0 atom stereocenters. The van der Waals surface area contributed by atoms with E-state index in [4.69, 9.17) is 11.6 Å². The van der Waals surface area contributed by atoms with Crippen LogP contribution in [0.3, 0.4) is 0 Å². The Bertz CT molecular complexity index is 720. The highest BCUT2D eigenvalue weighted by Gasteiger charge is 2.26. The second-order valence-corrected chi connectivity index (χ2v) is 6.92. The van der Waals surface area contributed by atoms with Gasteiger partial charge in [-0.3, -0.25) is 9.48 Å². The number of halogens is 1. The van der Waals surface area contributed by atoms with Crippen LogP contribution in [0.25, 0.3) is 0 Å². The summed E-state index contributed by atoms with van der Waals surface area (Å²) in [5.41, 5.74) is 1.02. The van der Waals surface area contributed by atoms with Gasteiger partial charge < -0.3 is 10.2 Å². The normalized spacial score (nSPS) is 15.4. The molecule has 0 aliphatic carbocycles. The predicted molar refractivity (Wildman–Crippen MR) is 100 cm³/mol. The smallest absolute Gasteiger partial charge is 0.228 e. The van der Waals surface area contributed by atoms with E-state index < -0.39 is 0 Å². The van der Waals surface area contributed by atoms with Gasteiger partial charge in [-0.05, 0) is 31.4 Å². The molecule has 0 aromatic carbocycles. The lowest BCUT2D eigenvalue weighted by atomic mass is 9.96. The molecule has 2 aromatic rings. The fourth-order valence-electron chi connectivity index (χ4n) is 3.18. The van der Waals surface area contributed by atoms with Gasteiger partial charge in [0.25, 0.3) is 0 Å². The van der Waals surface area contributed by atoms with Crippen molar-refractivity contribution in [1.29, 1.82) is 0 Å². The third-order valence-corrected chi connectivity index (χ3v) is 4.81. The number of amides is 1. The predicted octanol–water partition coefficient (Wildman–Crippen LogP) is 3.28. The van der Waals surface area contributed by atoms with Gasteiger partial charge >= 0.3 is 0 Å². The van der Waals surface area contributed by atoms with E-state index in [0.717, 1.165) is 56.1 Å². The lowest BCUT2D eigenvalue weighted by Crippen LogP contribution is -2.38. The van der Waals surface area contributed by atoms with Gasteiger partial charge in [0.1, 0.15) is 11.6 Å². The van der Waals surface area contributed by atoms with Gasteiger partial charge in [-0.15, -0.1) is 0 Å². The maximum Gasteiger partial charge on any atom is 0.228 e. The van der Waals surface area contributed by atoms with Crippen molar-refractivity contribution in [2.24, 2.45) is 13.0 Å². The van der Waals surface area contributed by atoms with Crippen LogP contribution in [0.4, 0.5) is 11.6 Å². The third kappa shape index (κ3) is 4.31. The molecule has 1 fully saturated rings. The Balaban J connectivity index is 1.55. The fraction of sp³-hybridized carbons (Fsp3) is 0.500. The Morgan fingerprint density at radius 1 is 1.36 bits per heavy atom. The minimum absolute atomic E-state index is 0.0214. The largest absolute Gasteiger partial charge is 0.357 e. The van der Waals surface area contributed by atoms with Crippen LogP contribution in [0.2, 0.25) is 5.02 Å². The number of rotatable bonds is 5. The number of pyridine rings is 1. The number of carbonyl (C=O) groups excluding carboxylic acids is 1. The fourth-order valence-corrected chi connectivity index (χ4v) is 3.29. The number of anilines is 2. The van der Waals surface area contributed by atoms with Crippen molar-refractivity contribution in [2.75, 3.05) is 23.3 Å². The summed E-state index contributed by atoms with van der Waals surface area (Å²) in [6, 6.07) is 5.74. The number of piperidine rings is 1. The Morgan fingerprint density at radius 3 is 2.76 bits per heavy atom. The van der Waals surface area contributed by atoms with Gasteiger partial charge in [-0.25, -0.2) is 4.98 Å². The average molecular weight is 362 g/mol.